The molecular weight excluding hydrogens is 274 g/mol. The Kier molecular flexibility index (Phi) is 6.56. The number of rotatable bonds is 8. The molecule has 8 heteroatoms. The molecule has 0 saturated carbocycles. The normalized spacial score (nSPS) is 9.57. The fourth-order valence-corrected chi connectivity index (χ4v) is 1.57. The second kappa shape index (κ2) is 8.44. The first kappa shape index (κ1) is 16.3. The molecule has 0 amide bonds. The maximum absolute atomic E-state index is 11.0. The summed E-state index contributed by atoms with van der Waals surface area (Å²) in [5, 5.41) is 10.9. The van der Waals surface area contributed by atoms with Crippen LogP contribution in [0.1, 0.15) is 25.3 Å². The number of amidine groups is 1. The molecule has 0 aliphatic carbocycles. The first-order valence-electron chi connectivity index (χ1n) is 6.35. The summed E-state index contributed by atoms with van der Waals surface area (Å²) in [6, 6.07) is 4.73. The molecule has 21 heavy (non-hydrogen) atoms. The highest BCUT2D eigenvalue weighted by Crippen LogP contribution is 2.25. The minimum atomic E-state index is -0.496. The predicted octanol–water partition coefficient (Wildman–Crippen LogP) is 2.37. The number of nitrogens with two attached hydrogens (primary N) is 1. The van der Waals surface area contributed by atoms with Gasteiger partial charge >= 0.3 is 5.97 Å². The van der Waals surface area contributed by atoms with Crippen molar-refractivity contribution in [1.29, 1.82) is 5.41 Å². The lowest BCUT2D eigenvalue weighted by Gasteiger charge is -2.11. The Bertz CT molecular complexity index is 567. The molecule has 0 radical (unpaired) electrons. The second-order valence-electron chi connectivity index (χ2n) is 4.18. The minimum absolute atomic E-state index is 0.188. The maximum atomic E-state index is 11.0. The van der Waals surface area contributed by atoms with Crippen molar-refractivity contribution in [2.75, 3.05) is 13.2 Å². The molecule has 8 nitrogen and oxygen atoms in total. The van der Waals surface area contributed by atoms with E-state index in [0.29, 0.717) is 24.5 Å². The summed E-state index contributed by atoms with van der Waals surface area (Å²) in [5.41, 5.74) is 13.9. The lowest BCUT2D eigenvalue weighted by Crippen LogP contribution is -2.14. The van der Waals surface area contributed by atoms with Gasteiger partial charge in [-0.05, 0) is 30.5 Å². The molecule has 0 atom stereocenters. The summed E-state index contributed by atoms with van der Waals surface area (Å²) in [6.45, 7) is 2.15. The molecule has 0 aliphatic rings. The highest BCUT2D eigenvalue weighted by Gasteiger charge is 2.10. The number of carbonyl (C=O) groups excluding carboxylic acids is 1. The number of benzene rings is 1. The first-order chi connectivity index (χ1) is 10.0. The fourth-order valence-electron chi connectivity index (χ4n) is 1.57. The summed E-state index contributed by atoms with van der Waals surface area (Å²) >= 11 is 0. The molecule has 0 aromatic heterocycles. The van der Waals surface area contributed by atoms with Gasteiger partial charge in [0.2, 0.25) is 0 Å². The van der Waals surface area contributed by atoms with Gasteiger partial charge in [-0.1, -0.05) is 5.11 Å². The smallest absolute Gasteiger partial charge is 0.308 e. The van der Waals surface area contributed by atoms with E-state index in [1.807, 2.05) is 0 Å². The van der Waals surface area contributed by atoms with Gasteiger partial charge < -0.3 is 15.2 Å². The largest absolute Gasteiger partial charge is 0.493 e. The molecule has 0 bridgehead atoms. The van der Waals surface area contributed by atoms with Crippen molar-refractivity contribution in [3.63, 3.8) is 0 Å². The molecule has 3 N–H and O–H groups in total. The van der Waals surface area contributed by atoms with E-state index in [0.717, 1.165) is 12.8 Å². The van der Waals surface area contributed by atoms with Crippen LogP contribution in [0.3, 0.4) is 0 Å². The number of unbranched alkanes of at least 4 members (excludes halogenated alkanes) is 1. The predicted molar refractivity (Wildman–Crippen MR) is 77.5 cm³/mol. The van der Waals surface area contributed by atoms with E-state index in [4.69, 9.17) is 26.1 Å². The average molecular weight is 291 g/mol. The van der Waals surface area contributed by atoms with Crippen LogP contribution in [0.15, 0.2) is 23.3 Å². The van der Waals surface area contributed by atoms with E-state index in [-0.39, 0.29) is 11.6 Å². The molecule has 0 spiro atoms. The molecule has 0 aliphatic heterocycles. The van der Waals surface area contributed by atoms with Crippen LogP contribution in [0.5, 0.6) is 11.5 Å². The molecule has 1 aromatic carbocycles. The molecule has 112 valence electrons. The van der Waals surface area contributed by atoms with Gasteiger partial charge in [-0.3, -0.25) is 10.2 Å². The van der Waals surface area contributed by atoms with E-state index >= 15 is 0 Å². The van der Waals surface area contributed by atoms with Crippen LogP contribution < -0.4 is 15.2 Å². The van der Waals surface area contributed by atoms with Crippen LogP contribution in [0, 0.1) is 5.41 Å². The van der Waals surface area contributed by atoms with Crippen LogP contribution in [-0.2, 0) is 4.79 Å². The zero-order valence-electron chi connectivity index (χ0n) is 11.7. The number of hydrogen-bond donors (Lipinski definition) is 2. The van der Waals surface area contributed by atoms with Gasteiger partial charge in [0.1, 0.15) is 17.3 Å². The molecule has 0 heterocycles. The Morgan fingerprint density at radius 2 is 2.24 bits per heavy atom. The van der Waals surface area contributed by atoms with Crippen LogP contribution >= 0.6 is 0 Å². The molecule has 0 saturated heterocycles. The van der Waals surface area contributed by atoms with Crippen LogP contribution in [0.2, 0.25) is 0 Å². The van der Waals surface area contributed by atoms with E-state index in [9.17, 15) is 4.79 Å². The average Bonchev–Trinajstić information content (AvgIpc) is 2.42. The third kappa shape index (κ3) is 5.84. The Morgan fingerprint density at radius 3 is 2.86 bits per heavy atom. The third-order valence-corrected chi connectivity index (χ3v) is 2.48. The lowest BCUT2D eigenvalue weighted by molar-refractivity contribution is -0.131. The fraction of sp³-hybridized carbons (Fsp3) is 0.385. The Balaban J connectivity index is 2.64. The summed E-state index contributed by atoms with van der Waals surface area (Å²) in [7, 11) is 0. The molecule has 0 unspecified atom stereocenters. The number of nitrogen functional groups attached to an aromatic ring is 1. The van der Waals surface area contributed by atoms with E-state index in [2.05, 4.69) is 10.0 Å². The van der Waals surface area contributed by atoms with E-state index < -0.39 is 5.97 Å². The van der Waals surface area contributed by atoms with E-state index in [1.165, 1.54) is 13.0 Å². The third-order valence-electron chi connectivity index (χ3n) is 2.48. The van der Waals surface area contributed by atoms with Crippen molar-refractivity contribution >= 4 is 11.8 Å². The van der Waals surface area contributed by atoms with Crippen molar-refractivity contribution in [3.8, 4) is 11.5 Å². The molecule has 1 rings (SSSR count). The number of esters is 1. The Labute approximate surface area is 122 Å². The van der Waals surface area contributed by atoms with Gasteiger partial charge in [0.15, 0.2) is 0 Å². The van der Waals surface area contributed by atoms with Crippen molar-refractivity contribution < 1.29 is 14.3 Å². The van der Waals surface area contributed by atoms with Gasteiger partial charge in [-0.2, -0.15) is 0 Å². The maximum Gasteiger partial charge on any atom is 0.308 e. The van der Waals surface area contributed by atoms with Crippen LogP contribution in [-0.4, -0.2) is 25.0 Å². The van der Waals surface area contributed by atoms with Gasteiger partial charge in [0.05, 0.1) is 12.2 Å². The summed E-state index contributed by atoms with van der Waals surface area (Å²) < 4.78 is 10.5. The minimum Gasteiger partial charge on any atom is -0.493 e. The van der Waals surface area contributed by atoms with Gasteiger partial charge in [0.25, 0.3) is 0 Å². The number of nitrogens with one attached hydrogen (secondary N) is 1. The summed E-state index contributed by atoms with van der Waals surface area (Å²) in [5.74, 6) is 0.0257. The number of ether oxygens (including phenoxy) is 2. The number of azide groups is 1. The highest BCUT2D eigenvalue weighted by molar-refractivity contribution is 5.98. The van der Waals surface area contributed by atoms with Crippen molar-refractivity contribution in [2.45, 2.75) is 19.8 Å². The van der Waals surface area contributed by atoms with Crippen molar-refractivity contribution in [1.82, 2.24) is 0 Å². The van der Waals surface area contributed by atoms with Crippen LogP contribution in [0.25, 0.3) is 10.4 Å². The number of hydrogen-bond acceptors (Lipinski definition) is 5. The molecule has 1 aromatic rings. The van der Waals surface area contributed by atoms with Crippen LogP contribution in [0.4, 0.5) is 0 Å². The van der Waals surface area contributed by atoms with Gasteiger partial charge in [-0.25, -0.2) is 0 Å². The standard InChI is InChI=1S/C13H17N5O3/c1-9(19)21-12-8-10(4-5-11(12)13(14)15)20-7-3-2-6-17-18-16/h4-5,8H,2-3,6-7H2,1H3,(H3,14,15). The second-order valence-corrected chi connectivity index (χ2v) is 4.18. The quantitative estimate of drug-likeness (QED) is 0.111. The first-order valence-corrected chi connectivity index (χ1v) is 6.35. The Hall–Kier alpha value is -2.73. The lowest BCUT2D eigenvalue weighted by atomic mass is 10.1. The highest BCUT2D eigenvalue weighted by atomic mass is 16.5. The van der Waals surface area contributed by atoms with Crippen molar-refractivity contribution in [3.05, 3.63) is 34.2 Å². The molecule has 0 fully saturated rings. The zero-order chi connectivity index (χ0) is 15.7. The van der Waals surface area contributed by atoms with Crippen molar-refractivity contribution in [2.24, 2.45) is 10.8 Å². The number of carbonyl (C=O) groups is 1. The Morgan fingerprint density at radius 1 is 1.48 bits per heavy atom. The van der Waals surface area contributed by atoms with E-state index in [1.54, 1.807) is 12.1 Å². The SMILES string of the molecule is CC(=O)Oc1cc(OCCCCN=[N+]=[N-])ccc1C(=N)N. The zero-order valence-corrected chi connectivity index (χ0v) is 11.7. The summed E-state index contributed by atoms with van der Waals surface area (Å²) in [4.78, 5) is 13.7. The molecular formula is C13H17N5O3. The monoisotopic (exact) mass is 291 g/mol. The van der Waals surface area contributed by atoms with Gasteiger partial charge in [-0.15, -0.1) is 0 Å². The summed E-state index contributed by atoms with van der Waals surface area (Å²) in [6.07, 6.45) is 1.46. The van der Waals surface area contributed by atoms with Gasteiger partial charge in [0, 0.05) is 24.4 Å². The number of nitrogens with zero attached hydrogens (tertiary/aromatic N) is 3. The topological polar surface area (TPSA) is 134 Å².